The van der Waals surface area contributed by atoms with Gasteiger partial charge in [-0.25, -0.2) is 0 Å². The van der Waals surface area contributed by atoms with Crippen molar-refractivity contribution in [3.05, 3.63) is 23.8 Å². The highest BCUT2D eigenvalue weighted by molar-refractivity contribution is 5.98. The van der Waals surface area contributed by atoms with Gasteiger partial charge in [0.25, 0.3) is 0 Å². The van der Waals surface area contributed by atoms with Crippen molar-refractivity contribution in [3.8, 4) is 0 Å². The lowest BCUT2D eigenvalue weighted by Crippen LogP contribution is -2.70. The van der Waals surface area contributed by atoms with E-state index in [9.17, 15) is 9.59 Å². The molecular formula is C20H24O2. The fraction of sp³-hybridized carbons (Fsp3) is 0.700. The molecule has 7 aliphatic rings. The average Bonchev–Trinajstić information content (AvgIpc) is 2.52. The van der Waals surface area contributed by atoms with Gasteiger partial charge in [-0.2, -0.15) is 0 Å². The number of ketones is 1. The molecule has 6 saturated carbocycles. The Balaban J connectivity index is 1.77. The minimum Gasteiger partial charge on any atom is -0.303 e. The van der Waals surface area contributed by atoms with E-state index in [2.05, 4.69) is 19.6 Å². The summed E-state index contributed by atoms with van der Waals surface area (Å²) >= 11 is 0. The van der Waals surface area contributed by atoms with Gasteiger partial charge in [0, 0.05) is 11.3 Å². The summed E-state index contributed by atoms with van der Waals surface area (Å²) in [6, 6.07) is 0. The minimum absolute atomic E-state index is 0.164. The maximum Gasteiger partial charge on any atom is 0.147 e. The van der Waals surface area contributed by atoms with Crippen LogP contribution in [0.15, 0.2) is 23.8 Å². The molecule has 1 unspecified atom stereocenters. The third-order valence-corrected chi connectivity index (χ3v) is 8.40. The highest BCUT2D eigenvalue weighted by Gasteiger charge is 2.74. The molecule has 2 heteroatoms. The molecule has 22 heavy (non-hydrogen) atoms. The predicted molar refractivity (Wildman–Crippen MR) is 84.1 cm³/mol. The lowest BCUT2D eigenvalue weighted by molar-refractivity contribution is -0.183. The van der Waals surface area contributed by atoms with Crippen LogP contribution in [0.5, 0.6) is 0 Å². The Morgan fingerprint density at radius 1 is 1.23 bits per heavy atom. The summed E-state index contributed by atoms with van der Waals surface area (Å²) in [6.07, 6.45) is 10.6. The molecule has 2 spiro atoms. The van der Waals surface area contributed by atoms with Crippen LogP contribution < -0.4 is 0 Å². The molecule has 0 saturated heterocycles. The molecule has 0 N–H and O–H groups in total. The molecule has 0 amide bonds. The number of aldehydes is 1. The summed E-state index contributed by atoms with van der Waals surface area (Å²) in [5.74, 6) is 1.72. The number of hydrogen-bond donors (Lipinski definition) is 0. The zero-order valence-electron chi connectivity index (χ0n) is 13.4. The number of rotatable bonds is 1. The van der Waals surface area contributed by atoms with Gasteiger partial charge in [0.2, 0.25) is 0 Å². The van der Waals surface area contributed by atoms with E-state index in [1.807, 2.05) is 0 Å². The van der Waals surface area contributed by atoms with Gasteiger partial charge >= 0.3 is 0 Å². The highest BCUT2D eigenvalue weighted by Crippen LogP contribution is 2.77. The highest BCUT2D eigenvalue weighted by atomic mass is 16.1. The number of hydrogen-bond acceptors (Lipinski definition) is 2. The molecule has 0 aromatic heterocycles. The van der Waals surface area contributed by atoms with Gasteiger partial charge < -0.3 is 4.79 Å². The monoisotopic (exact) mass is 296 g/mol. The van der Waals surface area contributed by atoms with Crippen LogP contribution in [0.25, 0.3) is 0 Å². The van der Waals surface area contributed by atoms with Crippen LogP contribution >= 0.6 is 0 Å². The maximum absolute atomic E-state index is 13.6. The van der Waals surface area contributed by atoms with Gasteiger partial charge in [-0.1, -0.05) is 30.7 Å². The molecule has 5 bridgehead atoms. The first-order valence-electron chi connectivity index (χ1n) is 8.87. The second kappa shape index (κ2) is 3.66. The van der Waals surface area contributed by atoms with Gasteiger partial charge in [0.05, 0.1) is 5.41 Å². The van der Waals surface area contributed by atoms with Gasteiger partial charge in [-0.15, -0.1) is 0 Å². The van der Waals surface area contributed by atoms with Crippen LogP contribution in [-0.4, -0.2) is 12.1 Å². The van der Waals surface area contributed by atoms with E-state index in [0.29, 0.717) is 17.6 Å². The Morgan fingerprint density at radius 2 is 2.00 bits per heavy atom. The third kappa shape index (κ3) is 1.10. The van der Waals surface area contributed by atoms with Gasteiger partial charge in [0.15, 0.2) is 0 Å². The molecule has 7 aliphatic carbocycles. The minimum atomic E-state index is -0.472. The lowest BCUT2D eigenvalue weighted by atomic mass is 9.30. The number of fused-ring (bicyclic) bond motifs is 2. The SMILES string of the molecule is C=C1C[C@]23CC[C@]45C(=O)[C@H]2CC1C[C@H]3C4=CCC[C@@]5(C)C=O. The van der Waals surface area contributed by atoms with Gasteiger partial charge in [-0.05, 0) is 62.2 Å². The van der Waals surface area contributed by atoms with E-state index in [-0.39, 0.29) is 11.3 Å². The van der Waals surface area contributed by atoms with Crippen molar-refractivity contribution >= 4 is 12.1 Å². The predicted octanol–water partition coefficient (Wildman–Crippen LogP) is 3.86. The molecule has 6 atom stereocenters. The van der Waals surface area contributed by atoms with Crippen molar-refractivity contribution in [3.63, 3.8) is 0 Å². The van der Waals surface area contributed by atoms with Gasteiger partial charge in [0.1, 0.15) is 12.1 Å². The fourth-order valence-electron chi connectivity index (χ4n) is 7.30. The Kier molecular flexibility index (Phi) is 2.21. The Labute approximate surface area is 132 Å². The number of carbonyl (C=O) groups excluding carboxylic acids is 2. The zero-order valence-corrected chi connectivity index (χ0v) is 13.4. The number of carbonyl (C=O) groups is 2. The maximum atomic E-state index is 13.6. The topological polar surface area (TPSA) is 34.1 Å². The van der Waals surface area contributed by atoms with Crippen molar-refractivity contribution in [2.75, 3.05) is 0 Å². The summed E-state index contributed by atoms with van der Waals surface area (Å²) < 4.78 is 0. The Bertz CT molecular complexity index is 659. The molecule has 0 aromatic rings. The first kappa shape index (κ1) is 13.3. The Hall–Kier alpha value is -1.18. The van der Waals surface area contributed by atoms with Crippen LogP contribution in [-0.2, 0) is 9.59 Å². The lowest BCUT2D eigenvalue weighted by Gasteiger charge is -2.71. The normalized spacial score (nSPS) is 55.0. The average molecular weight is 296 g/mol. The number of allylic oxidation sites excluding steroid dienone is 3. The van der Waals surface area contributed by atoms with Crippen molar-refractivity contribution in [2.45, 2.75) is 51.9 Å². The van der Waals surface area contributed by atoms with Crippen molar-refractivity contribution in [1.29, 1.82) is 0 Å². The molecule has 7 rings (SSSR count). The molecule has 0 radical (unpaired) electrons. The fourth-order valence-corrected chi connectivity index (χ4v) is 7.30. The van der Waals surface area contributed by atoms with Crippen molar-refractivity contribution in [1.82, 2.24) is 0 Å². The molecule has 116 valence electrons. The van der Waals surface area contributed by atoms with E-state index >= 15 is 0 Å². The third-order valence-electron chi connectivity index (χ3n) is 8.40. The van der Waals surface area contributed by atoms with Crippen LogP contribution in [0.4, 0.5) is 0 Å². The summed E-state index contributed by atoms with van der Waals surface area (Å²) in [6.45, 7) is 6.38. The van der Waals surface area contributed by atoms with Crippen molar-refractivity contribution < 1.29 is 9.59 Å². The summed E-state index contributed by atoms with van der Waals surface area (Å²) in [7, 11) is 0. The zero-order chi connectivity index (χ0) is 15.3. The molecule has 0 aromatic carbocycles. The van der Waals surface area contributed by atoms with Crippen LogP contribution in [0, 0.1) is 34.0 Å². The molecule has 0 aliphatic heterocycles. The van der Waals surface area contributed by atoms with Crippen LogP contribution in [0.3, 0.4) is 0 Å². The summed E-state index contributed by atoms with van der Waals surface area (Å²) in [5.41, 5.74) is 2.01. The first-order chi connectivity index (χ1) is 10.5. The molecular weight excluding hydrogens is 272 g/mol. The standard InChI is InChI=1S/C20H24O2/c1-12-10-19-6-7-20-14(4-3-5-18(20,2)11-21)15(19)8-13(12)9-16(19)17(20)22/h4,11,13,15-16H,1,3,5-10H2,2H3/t13?,15-,16+,18-,19-,20+/m0/s1. The molecule has 6 fully saturated rings. The smallest absolute Gasteiger partial charge is 0.147 e. The Morgan fingerprint density at radius 3 is 2.77 bits per heavy atom. The van der Waals surface area contributed by atoms with E-state index in [0.717, 1.165) is 44.8 Å². The van der Waals surface area contributed by atoms with E-state index in [4.69, 9.17) is 0 Å². The second-order valence-corrected chi connectivity index (χ2v) is 8.84. The number of Topliss-reactive ketones (excluding diaryl/α,β-unsaturated/α-hetero) is 1. The second-order valence-electron chi connectivity index (χ2n) is 8.84. The van der Waals surface area contributed by atoms with Crippen LogP contribution in [0.1, 0.15) is 51.9 Å². The van der Waals surface area contributed by atoms with Crippen LogP contribution in [0.2, 0.25) is 0 Å². The quantitative estimate of drug-likeness (QED) is 0.544. The summed E-state index contributed by atoms with van der Waals surface area (Å²) in [4.78, 5) is 25.6. The van der Waals surface area contributed by atoms with E-state index in [1.54, 1.807) is 0 Å². The summed E-state index contributed by atoms with van der Waals surface area (Å²) in [5, 5.41) is 0. The van der Waals surface area contributed by atoms with Gasteiger partial charge in [-0.3, -0.25) is 4.79 Å². The van der Waals surface area contributed by atoms with E-state index in [1.165, 1.54) is 17.6 Å². The molecule has 0 heterocycles. The first-order valence-corrected chi connectivity index (χ1v) is 8.87. The van der Waals surface area contributed by atoms with E-state index < -0.39 is 10.8 Å². The largest absolute Gasteiger partial charge is 0.303 e. The molecule has 2 nitrogen and oxygen atoms in total. The van der Waals surface area contributed by atoms with Crippen molar-refractivity contribution in [2.24, 2.45) is 34.0 Å².